The third kappa shape index (κ3) is 3.73. The predicted octanol–water partition coefficient (Wildman–Crippen LogP) is 4.35. The number of aromatic amines is 1. The summed E-state index contributed by atoms with van der Waals surface area (Å²) in [5.41, 5.74) is 16.8. The summed E-state index contributed by atoms with van der Waals surface area (Å²) in [6.07, 6.45) is 7.24. The van der Waals surface area contributed by atoms with Gasteiger partial charge in [-0.1, -0.05) is 30.3 Å². The summed E-state index contributed by atoms with van der Waals surface area (Å²) in [5.74, 6) is 1.35. The Balaban J connectivity index is 1.35. The van der Waals surface area contributed by atoms with Gasteiger partial charge < -0.3 is 21.2 Å². The standard InChI is InChI=1S/C24H22N6O/c25-23-22(15-7-8-17-14-29-24(26)30-20(17)12-15)21(9-10-27-23)31-11-3-4-16-13-28-19-6-2-1-5-18(16)19/h1-2,5-10,12-14,28H,3-4,11H2,(H2,25,27)(H2,26,29,30). The molecule has 5 N–H and O–H groups in total. The molecule has 3 aromatic heterocycles. The lowest BCUT2D eigenvalue weighted by atomic mass is 10.0. The van der Waals surface area contributed by atoms with Crippen molar-refractivity contribution in [1.82, 2.24) is 19.9 Å². The van der Waals surface area contributed by atoms with Crippen LogP contribution in [0, 0.1) is 0 Å². The molecule has 2 aromatic carbocycles. The number of fused-ring (bicyclic) bond motifs is 2. The van der Waals surface area contributed by atoms with Gasteiger partial charge in [-0.05, 0) is 42.2 Å². The summed E-state index contributed by atoms with van der Waals surface area (Å²) in [4.78, 5) is 15.9. The molecule has 0 aliphatic heterocycles. The molecule has 5 rings (SSSR count). The minimum absolute atomic E-state index is 0.234. The van der Waals surface area contributed by atoms with Gasteiger partial charge in [0.25, 0.3) is 0 Å². The molecule has 0 spiro atoms. The van der Waals surface area contributed by atoms with E-state index in [0.717, 1.165) is 40.4 Å². The zero-order valence-electron chi connectivity index (χ0n) is 16.9. The number of anilines is 2. The molecule has 0 saturated heterocycles. The van der Waals surface area contributed by atoms with E-state index in [1.807, 2.05) is 30.3 Å². The molecule has 0 atom stereocenters. The maximum Gasteiger partial charge on any atom is 0.220 e. The Morgan fingerprint density at radius 2 is 1.90 bits per heavy atom. The first-order chi connectivity index (χ1) is 15.2. The van der Waals surface area contributed by atoms with Gasteiger partial charge in [0.1, 0.15) is 11.6 Å². The molecule has 3 heterocycles. The molecule has 31 heavy (non-hydrogen) atoms. The van der Waals surface area contributed by atoms with E-state index >= 15 is 0 Å². The van der Waals surface area contributed by atoms with E-state index in [9.17, 15) is 0 Å². The van der Waals surface area contributed by atoms with Gasteiger partial charge in [0.15, 0.2) is 0 Å². The summed E-state index contributed by atoms with van der Waals surface area (Å²) in [5, 5.41) is 2.16. The Labute approximate surface area is 179 Å². The highest BCUT2D eigenvalue weighted by molar-refractivity contribution is 5.88. The van der Waals surface area contributed by atoms with Gasteiger partial charge in [0.05, 0.1) is 17.7 Å². The van der Waals surface area contributed by atoms with Crippen molar-refractivity contribution in [2.75, 3.05) is 18.1 Å². The van der Waals surface area contributed by atoms with Crippen LogP contribution in [0.3, 0.4) is 0 Å². The number of aromatic nitrogens is 4. The van der Waals surface area contributed by atoms with Crippen LogP contribution < -0.4 is 16.2 Å². The van der Waals surface area contributed by atoms with E-state index in [-0.39, 0.29) is 5.95 Å². The van der Waals surface area contributed by atoms with E-state index in [1.165, 1.54) is 10.9 Å². The number of hydrogen-bond donors (Lipinski definition) is 3. The quantitative estimate of drug-likeness (QED) is 0.358. The molecule has 0 aliphatic rings. The molecule has 0 unspecified atom stereocenters. The average molecular weight is 410 g/mol. The minimum atomic E-state index is 0.234. The number of hydrogen-bond acceptors (Lipinski definition) is 6. The number of para-hydroxylation sites is 1. The molecule has 0 radical (unpaired) electrons. The third-order valence-electron chi connectivity index (χ3n) is 5.36. The van der Waals surface area contributed by atoms with Gasteiger partial charge in [-0.15, -0.1) is 0 Å². The van der Waals surface area contributed by atoms with E-state index < -0.39 is 0 Å². The molecule has 5 aromatic rings. The zero-order valence-corrected chi connectivity index (χ0v) is 16.9. The van der Waals surface area contributed by atoms with Crippen LogP contribution in [0.4, 0.5) is 11.8 Å². The Morgan fingerprint density at radius 3 is 2.84 bits per heavy atom. The first kappa shape index (κ1) is 18.9. The lowest BCUT2D eigenvalue weighted by molar-refractivity contribution is 0.312. The van der Waals surface area contributed by atoms with Gasteiger partial charge in [0.2, 0.25) is 5.95 Å². The Morgan fingerprint density at radius 1 is 1.00 bits per heavy atom. The largest absolute Gasteiger partial charge is 0.493 e. The highest BCUT2D eigenvalue weighted by atomic mass is 16.5. The molecule has 7 nitrogen and oxygen atoms in total. The highest BCUT2D eigenvalue weighted by Gasteiger charge is 2.13. The number of nitrogen functional groups attached to an aromatic ring is 2. The smallest absolute Gasteiger partial charge is 0.220 e. The molecule has 0 bridgehead atoms. The summed E-state index contributed by atoms with van der Waals surface area (Å²) < 4.78 is 6.13. The van der Waals surface area contributed by atoms with E-state index in [2.05, 4.69) is 44.3 Å². The molecule has 7 heteroatoms. The van der Waals surface area contributed by atoms with Crippen LogP contribution in [0.1, 0.15) is 12.0 Å². The topological polar surface area (TPSA) is 116 Å². The number of ether oxygens (including phenoxy) is 1. The van der Waals surface area contributed by atoms with Crippen molar-refractivity contribution in [3.63, 3.8) is 0 Å². The average Bonchev–Trinajstić information content (AvgIpc) is 3.19. The van der Waals surface area contributed by atoms with Gasteiger partial charge >= 0.3 is 0 Å². The summed E-state index contributed by atoms with van der Waals surface area (Å²) in [7, 11) is 0. The predicted molar refractivity (Wildman–Crippen MR) is 124 cm³/mol. The van der Waals surface area contributed by atoms with Crippen LogP contribution in [-0.4, -0.2) is 26.5 Å². The van der Waals surface area contributed by atoms with Crippen LogP contribution in [0.2, 0.25) is 0 Å². The maximum absolute atomic E-state index is 6.22. The third-order valence-corrected chi connectivity index (χ3v) is 5.36. The fourth-order valence-corrected chi connectivity index (χ4v) is 3.85. The van der Waals surface area contributed by atoms with Crippen molar-refractivity contribution >= 4 is 33.6 Å². The molecule has 0 fully saturated rings. The SMILES string of the molecule is Nc1ncc2ccc(-c3c(OCCCc4c[nH]c5ccccc45)ccnc3N)cc2n1. The Bertz CT molecular complexity index is 1380. The molecule has 0 amide bonds. The Hall–Kier alpha value is -4.13. The fraction of sp³-hybridized carbons (Fsp3) is 0.125. The van der Waals surface area contributed by atoms with Crippen LogP contribution in [-0.2, 0) is 6.42 Å². The number of benzene rings is 2. The molecule has 0 aliphatic carbocycles. The van der Waals surface area contributed by atoms with E-state index in [4.69, 9.17) is 16.2 Å². The van der Waals surface area contributed by atoms with E-state index in [1.54, 1.807) is 12.4 Å². The monoisotopic (exact) mass is 410 g/mol. The number of nitrogens with one attached hydrogen (secondary N) is 1. The molecule has 154 valence electrons. The van der Waals surface area contributed by atoms with Crippen molar-refractivity contribution in [3.05, 3.63) is 72.7 Å². The number of pyridine rings is 1. The van der Waals surface area contributed by atoms with Crippen molar-refractivity contribution in [2.45, 2.75) is 12.8 Å². The molecular formula is C24H22N6O. The van der Waals surface area contributed by atoms with Crippen LogP contribution >= 0.6 is 0 Å². The number of aryl methyl sites for hydroxylation is 1. The second kappa shape index (κ2) is 7.95. The maximum atomic E-state index is 6.22. The summed E-state index contributed by atoms with van der Waals surface area (Å²) in [6, 6.07) is 16.0. The number of rotatable bonds is 6. The van der Waals surface area contributed by atoms with Crippen molar-refractivity contribution < 1.29 is 4.74 Å². The lowest BCUT2D eigenvalue weighted by Crippen LogP contribution is -2.03. The number of nitrogens with zero attached hydrogens (tertiary/aromatic N) is 3. The van der Waals surface area contributed by atoms with Gasteiger partial charge in [-0.2, -0.15) is 0 Å². The second-order valence-electron chi connectivity index (χ2n) is 7.38. The lowest BCUT2D eigenvalue weighted by Gasteiger charge is -2.14. The zero-order chi connectivity index (χ0) is 21.2. The first-order valence-electron chi connectivity index (χ1n) is 10.1. The van der Waals surface area contributed by atoms with Crippen molar-refractivity contribution in [3.8, 4) is 16.9 Å². The highest BCUT2D eigenvalue weighted by Crippen LogP contribution is 2.35. The van der Waals surface area contributed by atoms with Gasteiger partial charge in [0, 0.05) is 34.9 Å². The Kier molecular flexibility index (Phi) is 4.84. The van der Waals surface area contributed by atoms with Crippen LogP contribution in [0.5, 0.6) is 5.75 Å². The fourth-order valence-electron chi connectivity index (χ4n) is 3.85. The van der Waals surface area contributed by atoms with Crippen LogP contribution in [0.15, 0.2) is 67.1 Å². The minimum Gasteiger partial charge on any atom is -0.493 e. The van der Waals surface area contributed by atoms with Gasteiger partial charge in [-0.3, -0.25) is 0 Å². The van der Waals surface area contributed by atoms with Crippen molar-refractivity contribution in [1.29, 1.82) is 0 Å². The second-order valence-corrected chi connectivity index (χ2v) is 7.38. The molecule has 0 saturated carbocycles. The first-order valence-corrected chi connectivity index (χ1v) is 10.1. The normalized spacial score (nSPS) is 11.2. The van der Waals surface area contributed by atoms with Crippen LogP contribution in [0.25, 0.3) is 32.9 Å². The summed E-state index contributed by atoms with van der Waals surface area (Å²) in [6.45, 7) is 0.568. The van der Waals surface area contributed by atoms with E-state index in [0.29, 0.717) is 18.2 Å². The number of H-pyrrole nitrogens is 1. The van der Waals surface area contributed by atoms with Gasteiger partial charge in [-0.25, -0.2) is 15.0 Å². The summed E-state index contributed by atoms with van der Waals surface area (Å²) >= 11 is 0. The van der Waals surface area contributed by atoms with Crippen molar-refractivity contribution in [2.24, 2.45) is 0 Å². The molecular weight excluding hydrogens is 388 g/mol. The number of nitrogens with two attached hydrogens (primary N) is 2.